The van der Waals surface area contributed by atoms with Crippen molar-refractivity contribution in [1.29, 1.82) is 0 Å². The zero-order valence-electron chi connectivity index (χ0n) is 11.2. The van der Waals surface area contributed by atoms with Crippen LogP contribution in [-0.2, 0) is 12.7 Å². The predicted molar refractivity (Wildman–Crippen MR) is 73.7 cm³/mol. The van der Waals surface area contributed by atoms with Crippen LogP contribution in [0, 0.1) is 5.82 Å². The van der Waals surface area contributed by atoms with E-state index in [1.165, 1.54) is 16.8 Å². The smallest absolute Gasteiger partial charge is 0.329 e. The van der Waals surface area contributed by atoms with Crippen LogP contribution >= 0.6 is 15.9 Å². The molecule has 0 N–H and O–H groups in total. The second-order valence-electron chi connectivity index (χ2n) is 4.58. The molecule has 120 valence electrons. The molecule has 0 atom stereocenters. The molecule has 1 aromatic carbocycles. The van der Waals surface area contributed by atoms with Crippen LogP contribution in [0.1, 0.15) is 11.5 Å². The van der Waals surface area contributed by atoms with E-state index >= 15 is 0 Å². The standard InChI is InChI=1S/C13H7BrF4N4O/c14-9-4-19-22(6-9)5-8-2-1-7(3-10(8)15)11-20-12(23-21-11)13(16,17)18/h1-4,6H,5H2. The molecule has 0 bridgehead atoms. The number of aromatic nitrogens is 4. The van der Waals surface area contributed by atoms with Crippen molar-refractivity contribution in [1.82, 2.24) is 19.9 Å². The van der Waals surface area contributed by atoms with Crippen molar-refractivity contribution in [2.24, 2.45) is 0 Å². The Balaban J connectivity index is 1.85. The highest BCUT2D eigenvalue weighted by Crippen LogP contribution is 2.29. The number of hydrogen-bond acceptors (Lipinski definition) is 4. The van der Waals surface area contributed by atoms with E-state index in [0.717, 1.165) is 10.5 Å². The molecule has 2 heterocycles. The molecule has 0 aliphatic rings. The van der Waals surface area contributed by atoms with Gasteiger partial charge in [-0.15, -0.1) is 0 Å². The Hall–Kier alpha value is -2.23. The van der Waals surface area contributed by atoms with E-state index < -0.39 is 17.9 Å². The lowest BCUT2D eigenvalue weighted by molar-refractivity contribution is -0.159. The minimum Gasteiger partial charge on any atom is -0.329 e. The van der Waals surface area contributed by atoms with Crippen molar-refractivity contribution in [2.75, 3.05) is 0 Å². The Kier molecular flexibility index (Phi) is 3.92. The van der Waals surface area contributed by atoms with Crippen molar-refractivity contribution in [3.8, 4) is 11.4 Å². The summed E-state index contributed by atoms with van der Waals surface area (Å²) in [6, 6.07) is 3.91. The van der Waals surface area contributed by atoms with Crippen LogP contribution in [0.15, 0.2) is 39.6 Å². The molecule has 0 saturated carbocycles. The van der Waals surface area contributed by atoms with Crippen molar-refractivity contribution >= 4 is 15.9 Å². The van der Waals surface area contributed by atoms with Gasteiger partial charge in [-0.3, -0.25) is 4.68 Å². The molecule has 0 unspecified atom stereocenters. The second kappa shape index (κ2) is 5.76. The number of rotatable bonds is 3. The quantitative estimate of drug-likeness (QED) is 0.636. The third-order valence-electron chi connectivity index (χ3n) is 2.91. The van der Waals surface area contributed by atoms with Gasteiger partial charge in [0.15, 0.2) is 0 Å². The minimum absolute atomic E-state index is 0.0899. The zero-order valence-corrected chi connectivity index (χ0v) is 12.8. The summed E-state index contributed by atoms with van der Waals surface area (Å²) in [5.74, 6) is -2.41. The maximum Gasteiger partial charge on any atom is 0.471 e. The van der Waals surface area contributed by atoms with Crippen LogP contribution < -0.4 is 0 Å². The summed E-state index contributed by atoms with van der Waals surface area (Å²) in [6.45, 7) is 0.178. The van der Waals surface area contributed by atoms with Crippen LogP contribution in [0.4, 0.5) is 17.6 Å². The molecular formula is C13H7BrF4N4O. The van der Waals surface area contributed by atoms with E-state index in [9.17, 15) is 17.6 Å². The topological polar surface area (TPSA) is 56.7 Å². The Morgan fingerprint density at radius 3 is 2.61 bits per heavy atom. The van der Waals surface area contributed by atoms with Gasteiger partial charge in [0.25, 0.3) is 0 Å². The summed E-state index contributed by atoms with van der Waals surface area (Å²) in [7, 11) is 0. The van der Waals surface area contributed by atoms with Gasteiger partial charge in [0.2, 0.25) is 5.82 Å². The molecule has 0 spiro atoms. The van der Waals surface area contributed by atoms with Gasteiger partial charge >= 0.3 is 12.1 Å². The normalized spacial score (nSPS) is 11.9. The Morgan fingerprint density at radius 1 is 1.26 bits per heavy atom. The van der Waals surface area contributed by atoms with E-state index in [1.54, 1.807) is 12.4 Å². The Labute approximate surface area is 135 Å². The van der Waals surface area contributed by atoms with E-state index in [4.69, 9.17) is 0 Å². The van der Waals surface area contributed by atoms with E-state index in [2.05, 4.69) is 35.7 Å². The number of alkyl halides is 3. The highest BCUT2D eigenvalue weighted by molar-refractivity contribution is 9.10. The second-order valence-corrected chi connectivity index (χ2v) is 5.50. The van der Waals surface area contributed by atoms with Crippen molar-refractivity contribution in [3.63, 3.8) is 0 Å². The summed E-state index contributed by atoms with van der Waals surface area (Å²) in [4.78, 5) is 3.22. The molecule has 0 amide bonds. The first-order chi connectivity index (χ1) is 10.8. The highest BCUT2D eigenvalue weighted by Gasteiger charge is 2.38. The molecular weight excluding hydrogens is 384 g/mol. The van der Waals surface area contributed by atoms with Gasteiger partial charge in [0, 0.05) is 17.3 Å². The van der Waals surface area contributed by atoms with Gasteiger partial charge in [-0.2, -0.15) is 23.3 Å². The maximum absolute atomic E-state index is 14.1. The van der Waals surface area contributed by atoms with Crippen LogP contribution in [0.25, 0.3) is 11.4 Å². The van der Waals surface area contributed by atoms with Gasteiger partial charge in [-0.1, -0.05) is 17.3 Å². The molecule has 0 aliphatic carbocycles. The lowest BCUT2D eigenvalue weighted by Gasteiger charge is -2.04. The lowest BCUT2D eigenvalue weighted by atomic mass is 10.1. The summed E-state index contributed by atoms with van der Waals surface area (Å²) in [5.41, 5.74) is 0.413. The van der Waals surface area contributed by atoms with E-state index in [1.807, 2.05) is 0 Å². The number of nitrogens with zero attached hydrogens (tertiary/aromatic N) is 4. The zero-order chi connectivity index (χ0) is 16.6. The van der Waals surface area contributed by atoms with Gasteiger partial charge in [-0.25, -0.2) is 4.39 Å². The molecule has 23 heavy (non-hydrogen) atoms. The third kappa shape index (κ3) is 3.41. The molecule has 0 saturated heterocycles. The first kappa shape index (κ1) is 15.7. The molecule has 0 fully saturated rings. The largest absolute Gasteiger partial charge is 0.471 e. The molecule has 2 aromatic heterocycles. The fourth-order valence-electron chi connectivity index (χ4n) is 1.87. The highest BCUT2D eigenvalue weighted by atomic mass is 79.9. The summed E-state index contributed by atoms with van der Waals surface area (Å²) < 4.78 is 57.8. The van der Waals surface area contributed by atoms with Gasteiger partial charge in [0.05, 0.1) is 17.2 Å². The Morgan fingerprint density at radius 2 is 2.04 bits per heavy atom. The van der Waals surface area contributed by atoms with Gasteiger partial charge < -0.3 is 4.52 Å². The third-order valence-corrected chi connectivity index (χ3v) is 3.32. The average Bonchev–Trinajstić information content (AvgIpc) is 3.10. The van der Waals surface area contributed by atoms with Crippen LogP contribution in [-0.4, -0.2) is 19.9 Å². The van der Waals surface area contributed by atoms with E-state index in [-0.39, 0.29) is 17.9 Å². The monoisotopic (exact) mass is 390 g/mol. The SMILES string of the molecule is Fc1cc(-c2noc(C(F)(F)F)n2)ccc1Cn1cc(Br)cn1. The van der Waals surface area contributed by atoms with Crippen LogP contribution in [0.2, 0.25) is 0 Å². The predicted octanol–water partition coefficient (Wildman–Crippen LogP) is 3.90. The molecule has 5 nitrogen and oxygen atoms in total. The van der Waals surface area contributed by atoms with Crippen molar-refractivity contribution < 1.29 is 22.1 Å². The molecule has 3 rings (SSSR count). The lowest BCUT2D eigenvalue weighted by Crippen LogP contribution is -2.05. The van der Waals surface area contributed by atoms with Gasteiger partial charge in [0.1, 0.15) is 5.82 Å². The maximum atomic E-state index is 14.1. The molecule has 10 heteroatoms. The summed E-state index contributed by atoms with van der Waals surface area (Å²) in [5, 5.41) is 7.22. The van der Waals surface area contributed by atoms with Crippen molar-refractivity contribution in [2.45, 2.75) is 12.7 Å². The van der Waals surface area contributed by atoms with Crippen molar-refractivity contribution in [3.05, 3.63) is 52.3 Å². The van der Waals surface area contributed by atoms with Gasteiger partial charge in [-0.05, 0) is 22.0 Å². The number of halogens is 5. The van der Waals surface area contributed by atoms with E-state index in [0.29, 0.717) is 5.56 Å². The minimum atomic E-state index is -4.74. The first-order valence-corrected chi connectivity index (χ1v) is 7.00. The van der Waals surface area contributed by atoms with Crippen LogP contribution in [0.3, 0.4) is 0 Å². The first-order valence-electron chi connectivity index (χ1n) is 6.20. The average molecular weight is 391 g/mol. The Bertz CT molecular complexity index is 843. The molecule has 0 aliphatic heterocycles. The number of benzene rings is 1. The summed E-state index contributed by atoms with van der Waals surface area (Å²) in [6.07, 6.45) is -1.51. The number of hydrogen-bond donors (Lipinski definition) is 0. The summed E-state index contributed by atoms with van der Waals surface area (Å²) >= 11 is 3.23. The fraction of sp³-hybridized carbons (Fsp3) is 0.154. The fourth-order valence-corrected chi connectivity index (χ4v) is 2.20. The van der Waals surface area contributed by atoms with Crippen LogP contribution in [0.5, 0.6) is 0 Å². The molecule has 0 radical (unpaired) electrons. The molecule has 3 aromatic rings.